The van der Waals surface area contributed by atoms with Gasteiger partial charge >= 0.3 is 5.69 Å². The maximum Gasteiger partial charge on any atom is 0.329 e. The second kappa shape index (κ2) is 4.85. The Bertz CT molecular complexity index is 548. The summed E-state index contributed by atoms with van der Waals surface area (Å²) >= 11 is 0. The molecule has 2 unspecified atom stereocenters. The molecule has 1 aliphatic carbocycles. The van der Waals surface area contributed by atoms with Crippen molar-refractivity contribution in [1.29, 1.82) is 0 Å². The Morgan fingerprint density at radius 3 is 2.78 bits per heavy atom. The molecule has 4 N–H and O–H groups in total. The van der Waals surface area contributed by atoms with Gasteiger partial charge in [0.15, 0.2) is 0 Å². The Morgan fingerprint density at radius 1 is 1.44 bits per heavy atom. The van der Waals surface area contributed by atoms with E-state index in [-0.39, 0.29) is 23.7 Å². The lowest BCUT2D eigenvalue weighted by atomic mass is 10.2. The normalized spacial score (nSPS) is 23.2. The molecule has 1 heterocycles. The molecule has 18 heavy (non-hydrogen) atoms. The summed E-state index contributed by atoms with van der Waals surface area (Å²) in [6.07, 6.45) is 2.92. The molecule has 0 bridgehead atoms. The number of anilines is 2. The number of hydrogen-bond donors (Lipinski definition) is 3. The zero-order valence-electron chi connectivity index (χ0n) is 10.5. The van der Waals surface area contributed by atoms with Gasteiger partial charge in [-0.15, -0.1) is 0 Å². The molecule has 0 amide bonds. The van der Waals surface area contributed by atoms with Crippen molar-refractivity contribution in [3.8, 4) is 0 Å². The lowest BCUT2D eigenvalue weighted by Gasteiger charge is -2.16. The molecule has 1 aliphatic rings. The Labute approximate surface area is 104 Å². The van der Waals surface area contributed by atoms with E-state index in [0.29, 0.717) is 0 Å². The predicted octanol–water partition coefficient (Wildman–Crippen LogP) is -0.365. The van der Waals surface area contributed by atoms with Gasteiger partial charge in [-0.3, -0.25) is 14.3 Å². The van der Waals surface area contributed by atoms with Crippen molar-refractivity contribution < 1.29 is 4.74 Å². The van der Waals surface area contributed by atoms with E-state index < -0.39 is 11.2 Å². The highest BCUT2D eigenvalue weighted by molar-refractivity contribution is 5.60. The summed E-state index contributed by atoms with van der Waals surface area (Å²) in [5.74, 6) is 0.157. The van der Waals surface area contributed by atoms with Crippen LogP contribution in [0.5, 0.6) is 0 Å². The van der Waals surface area contributed by atoms with Crippen LogP contribution in [0.1, 0.15) is 19.3 Å². The maximum absolute atomic E-state index is 11.7. The molecule has 7 heteroatoms. The van der Waals surface area contributed by atoms with Crippen LogP contribution in [0.25, 0.3) is 0 Å². The first-order chi connectivity index (χ1) is 8.52. The highest BCUT2D eigenvalue weighted by Gasteiger charge is 2.25. The summed E-state index contributed by atoms with van der Waals surface area (Å²) in [4.78, 5) is 25.3. The third-order valence-corrected chi connectivity index (χ3v) is 3.44. The van der Waals surface area contributed by atoms with Crippen LogP contribution in [0.15, 0.2) is 9.59 Å². The molecule has 0 aliphatic heterocycles. The number of nitrogens with one attached hydrogen (secondary N) is 2. The SMILES string of the molecule is COC1CCC(Nc2c(N)n(C)c(=O)[nH]c2=O)C1. The maximum atomic E-state index is 11.7. The van der Waals surface area contributed by atoms with Gasteiger partial charge in [-0.1, -0.05) is 0 Å². The van der Waals surface area contributed by atoms with Crippen LogP contribution in [-0.4, -0.2) is 28.8 Å². The molecule has 0 saturated heterocycles. The Kier molecular flexibility index (Phi) is 3.42. The van der Waals surface area contributed by atoms with Crippen molar-refractivity contribution in [3.05, 3.63) is 20.8 Å². The van der Waals surface area contributed by atoms with Gasteiger partial charge < -0.3 is 15.8 Å². The fraction of sp³-hybridized carbons (Fsp3) is 0.636. The smallest absolute Gasteiger partial charge is 0.329 e. The zero-order valence-corrected chi connectivity index (χ0v) is 10.5. The van der Waals surface area contributed by atoms with Gasteiger partial charge in [-0.25, -0.2) is 4.79 Å². The quantitative estimate of drug-likeness (QED) is 0.683. The number of aromatic amines is 1. The molecule has 0 spiro atoms. The van der Waals surface area contributed by atoms with E-state index in [9.17, 15) is 9.59 Å². The first-order valence-corrected chi connectivity index (χ1v) is 5.91. The number of nitrogens with zero attached hydrogens (tertiary/aromatic N) is 1. The van der Waals surface area contributed by atoms with E-state index in [1.165, 1.54) is 11.6 Å². The van der Waals surface area contributed by atoms with Crippen LogP contribution >= 0.6 is 0 Å². The first-order valence-electron chi connectivity index (χ1n) is 5.91. The minimum Gasteiger partial charge on any atom is -0.383 e. The summed E-state index contributed by atoms with van der Waals surface area (Å²) in [5.41, 5.74) is 5.06. The molecule has 1 aromatic heterocycles. The lowest BCUT2D eigenvalue weighted by molar-refractivity contribution is 0.108. The molecule has 1 fully saturated rings. The zero-order chi connectivity index (χ0) is 13.3. The van der Waals surface area contributed by atoms with Crippen molar-refractivity contribution in [1.82, 2.24) is 9.55 Å². The van der Waals surface area contributed by atoms with Gasteiger partial charge in [0, 0.05) is 20.2 Å². The molecule has 2 rings (SSSR count). The van der Waals surface area contributed by atoms with Crippen LogP contribution in [0.4, 0.5) is 11.5 Å². The number of H-pyrrole nitrogens is 1. The average Bonchev–Trinajstić information content (AvgIpc) is 2.80. The largest absolute Gasteiger partial charge is 0.383 e. The van der Waals surface area contributed by atoms with Crippen LogP contribution in [0.3, 0.4) is 0 Å². The predicted molar refractivity (Wildman–Crippen MR) is 68.8 cm³/mol. The van der Waals surface area contributed by atoms with Crippen molar-refractivity contribution in [2.45, 2.75) is 31.4 Å². The van der Waals surface area contributed by atoms with Gasteiger partial charge in [0.2, 0.25) is 0 Å². The van der Waals surface area contributed by atoms with Crippen molar-refractivity contribution in [3.63, 3.8) is 0 Å². The van der Waals surface area contributed by atoms with E-state index in [1.54, 1.807) is 7.11 Å². The molecule has 1 aromatic rings. The molecule has 7 nitrogen and oxygen atoms in total. The number of aromatic nitrogens is 2. The van der Waals surface area contributed by atoms with E-state index in [1.807, 2.05) is 0 Å². The second-order valence-electron chi connectivity index (χ2n) is 4.59. The summed E-state index contributed by atoms with van der Waals surface area (Å²) < 4.78 is 6.48. The van der Waals surface area contributed by atoms with Crippen LogP contribution in [0, 0.1) is 0 Å². The summed E-state index contributed by atoms with van der Waals surface area (Å²) in [5, 5.41) is 3.10. The molecule has 2 atom stereocenters. The first kappa shape index (κ1) is 12.7. The highest BCUT2D eigenvalue weighted by Crippen LogP contribution is 2.24. The van der Waals surface area contributed by atoms with E-state index in [0.717, 1.165) is 19.3 Å². The molecule has 100 valence electrons. The number of nitrogens with two attached hydrogens (primary N) is 1. The topological polar surface area (TPSA) is 102 Å². The molecular weight excluding hydrogens is 236 g/mol. The standard InChI is InChI=1S/C11H18N4O3/c1-15-9(12)8(10(16)14-11(15)17)13-6-3-4-7(5-6)18-2/h6-7,13H,3-5,12H2,1-2H3,(H,14,16,17). The summed E-state index contributed by atoms with van der Waals surface area (Å²) in [6, 6.07) is 0.149. The van der Waals surface area contributed by atoms with Crippen molar-refractivity contribution in [2.24, 2.45) is 7.05 Å². The number of rotatable bonds is 3. The highest BCUT2D eigenvalue weighted by atomic mass is 16.5. The Balaban J connectivity index is 2.23. The molecule has 1 saturated carbocycles. The minimum absolute atomic E-state index is 0.149. The number of methoxy groups -OCH3 is 1. The van der Waals surface area contributed by atoms with Gasteiger partial charge in [0.1, 0.15) is 11.5 Å². The van der Waals surface area contributed by atoms with E-state index in [2.05, 4.69) is 10.3 Å². The Hall–Kier alpha value is -1.76. The molecule has 0 aromatic carbocycles. The third-order valence-electron chi connectivity index (χ3n) is 3.44. The van der Waals surface area contributed by atoms with Gasteiger partial charge in [0.25, 0.3) is 5.56 Å². The lowest BCUT2D eigenvalue weighted by Crippen LogP contribution is -2.34. The van der Waals surface area contributed by atoms with Gasteiger partial charge in [0.05, 0.1) is 6.10 Å². The average molecular weight is 254 g/mol. The fourth-order valence-electron chi connectivity index (χ4n) is 2.27. The van der Waals surface area contributed by atoms with Crippen LogP contribution in [-0.2, 0) is 11.8 Å². The van der Waals surface area contributed by atoms with E-state index >= 15 is 0 Å². The molecular formula is C11H18N4O3. The minimum atomic E-state index is -0.510. The Morgan fingerprint density at radius 2 is 2.17 bits per heavy atom. The number of ether oxygens (including phenoxy) is 1. The number of hydrogen-bond acceptors (Lipinski definition) is 5. The monoisotopic (exact) mass is 254 g/mol. The van der Waals surface area contributed by atoms with Crippen LogP contribution < -0.4 is 22.3 Å². The van der Waals surface area contributed by atoms with Crippen molar-refractivity contribution in [2.75, 3.05) is 18.2 Å². The third kappa shape index (κ3) is 2.26. The number of nitrogen functional groups attached to an aromatic ring is 1. The molecule has 0 radical (unpaired) electrons. The van der Waals surface area contributed by atoms with E-state index in [4.69, 9.17) is 10.5 Å². The van der Waals surface area contributed by atoms with Crippen LogP contribution in [0.2, 0.25) is 0 Å². The summed E-state index contributed by atoms with van der Waals surface area (Å²) in [7, 11) is 3.20. The van der Waals surface area contributed by atoms with Gasteiger partial charge in [-0.2, -0.15) is 0 Å². The fourth-order valence-corrected chi connectivity index (χ4v) is 2.27. The van der Waals surface area contributed by atoms with Gasteiger partial charge in [-0.05, 0) is 19.3 Å². The van der Waals surface area contributed by atoms with Crippen molar-refractivity contribution >= 4 is 11.5 Å². The second-order valence-corrected chi connectivity index (χ2v) is 4.59. The summed E-state index contributed by atoms with van der Waals surface area (Å²) in [6.45, 7) is 0.